The highest BCUT2D eigenvalue weighted by molar-refractivity contribution is 7.99. The van der Waals surface area contributed by atoms with Crippen LogP contribution in [-0.4, -0.2) is 21.9 Å². The molecule has 1 atom stereocenters. The quantitative estimate of drug-likeness (QED) is 0.854. The van der Waals surface area contributed by atoms with Crippen molar-refractivity contribution >= 4 is 34.7 Å². The maximum absolute atomic E-state index is 9.86. The van der Waals surface area contributed by atoms with Gasteiger partial charge in [-0.3, -0.25) is 0 Å². The Kier molecular flexibility index (Phi) is 4.86. The van der Waals surface area contributed by atoms with Crippen LogP contribution in [0.25, 0.3) is 0 Å². The standard InChI is InChI=1S/C12H12ClNOS2/c13-9-1-3-11(4-2-9)17-8-10(15)7-12-14-5-6-16-12/h1-6,10,15H,7-8H2. The first-order chi connectivity index (χ1) is 8.24. The van der Waals surface area contributed by atoms with Crippen LogP contribution >= 0.6 is 34.7 Å². The number of aromatic nitrogens is 1. The van der Waals surface area contributed by atoms with Crippen molar-refractivity contribution in [2.24, 2.45) is 0 Å². The van der Waals surface area contributed by atoms with E-state index < -0.39 is 0 Å². The maximum Gasteiger partial charge on any atom is 0.0950 e. The van der Waals surface area contributed by atoms with E-state index in [1.165, 1.54) is 0 Å². The Hall–Kier alpha value is -0.550. The van der Waals surface area contributed by atoms with Crippen molar-refractivity contribution in [1.29, 1.82) is 0 Å². The summed E-state index contributed by atoms with van der Waals surface area (Å²) in [6.45, 7) is 0. The van der Waals surface area contributed by atoms with Gasteiger partial charge in [0.25, 0.3) is 0 Å². The van der Waals surface area contributed by atoms with Gasteiger partial charge >= 0.3 is 0 Å². The summed E-state index contributed by atoms with van der Waals surface area (Å²) in [4.78, 5) is 5.27. The predicted molar refractivity (Wildman–Crippen MR) is 74.0 cm³/mol. The SMILES string of the molecule is OC(CSc1ccc(Cl)cc1)Cc1nccs1. The van der Waals surface area contributed by atoms with Crippen molar-refractivity contribution < 1.29 is 5.11 Å². The van der Waals surface area contributed by atoms with Gasteiger partial charge in [0.15, 0.2) is 0 Å². The second kappa shape index (κ2) is 6.40. The van der Waals surface area contributed by atoms with Crippen LogP contribution in [0.3, 0.4) is 0 Å². The number of thioether (sulfide) groups is 1. The van der Waals surface area contributed by atoms with E-state index in [0.717, 1.165) is 14.9 Å². The number of nitrogens with zero attached hydrogens (tertiary/aromatic N) is 1. The summed E-state index contributed by atoms with van der Waals surface area (Å²) in [7, 11) is 0. The van der Waals surface area contributed by atoms with E-state index in [0.29, 0.717) is 12.2 Å². The summed E-state index contributed by atoms with van der Waals surface area (Å²) >= 11 is 9.01. The van der Waals surface area contributed by atoms with Gasteiger partial charge in [0.05, 0.1) is 11.1 Å². The van der Waals surface area contributed by atoms with Crippen LogP contribution in [0.1, 0.15) is 5.01 Å². The summed E-state index contributed by atoms with van der Waals surface area (Å²) in [5.74, 6) is 0.668. The van der Waals surface area contributed by atoms with Gasteiger partial charge in [-0.15, -0.1) is 23.1 Å². The first-order valence-corrected chi connectivity index (χ1v) is 7.43. The number of rotatable bonds is 5. The van der Waals surface area contributed by atoms with Crippen LogP contribution in [0.15, 0.2) is 40.7 Å². The topological polar surface area (TPSA) is 33.1 Å². The number of thiazole rings is 1. The molecule has 2 aromatic rings. The molecule has 1 unspecified atom stereocenters. The molecule has 2 rings (SSSR count). The summed E-state index contributed by atoms with van der Waals surface area (Å²) < 4.78 is 0. The van der Waals surface area contributed by atoms with Crippen LogP contribution in [-0.2, 0) is 6.42 Å². The van der Waals surface area contributed by atoms with Crippen molar-refractivity contribution in [2.75, 3.05) is 5.75 Å². The van der Waals surface area contributed by atoms with Crippen molar-refractivity contribution in [2.45, 2.75) is 17.4 Å². The predicted octanol–water partition coefficient (Wildman–Crippen LogP) is 3.49. The zero-order valence-corrected chi connectivity index (χ0v) is 11.4. The first kappa shape index (κ1) is 12.9. The minimum Gasteiger partial charge on any atom is -0.392 e. The number of aliphatic hydroxyl groups excluding tert-OH is 1. The molecule has 5 heteroatoms. The molecular formula is C12H12ClNOS2. The van der Waals surface area contributed by atoms with E-state index in [1.54, 1.807) is 29.3 Å². The number of benzene rings is 1. The molecule has 90 valence electrons. The van der Waals surface area contributed by atoms with E-state index in [1.807, 2.05) is 29.6 Å². The number of hydrogen-bond acceptors (Lipinski definition) is 4. The molecule has 1 N–H and O–H groups in total. The zero-order chi connectivity index (χ0) is 12.1. The molecule has 1 aromatic heterocycles. The molecule has 0 radical (unpaired) electrons. The fraction of sp³-hybridized carbons (Fsp3) is 0.250. The Morgan fingerprint density at radius 1 is 1.35 bits per heavy atom. The summed E-state index contributed by atoms with van der Waals surface area (Å²) in [6, 6.07) is 7.64. The van der Waals surface area contributed by atoms with Gasteiger partial charge in [0.1, 0.15) is 0 Å². The van der Waals surface area contributed by atoms with Gasteiger partial charge in [-0.05, 0) is 24.3 Å². The Bertz CT molecular complexity index is 444. The fourth-order valence-electron chi connectivity index (χ4n) is 1.34. The molecule has 0 aliphatic heterocycles. The Morgan fingerprint density at radius 3 is 2.76 bits per heavy atom. The molecule has 0 aliphatic carbocycles. The lowest BCUT2D eigenvalue weighted by Crippen LogP contribution is -2.13. The zero-order valence-electron chi connectivity index (χ0n) is 9.04. The molecule has 0 saturated heterocycles. The molecule has 0 spiro atoms. The lowest BCUT2D eigenvalue weighted by Gasteiger charge is -2.08. The highest BCUT2D eigenvalue weighted by Gasteiger charge is 2.08. The molecule has 0 amide bonds. The Labute approximate surface area is 114 Å². The van der Waals surface area contributed by atoms with Crippen molar-refractivity contribution in [3.63, 3.8) is 0 Å². The molecule has 0 saturated carbocycles. The van der Waals surface area contributed by atoms with E-state index in [-0.39, 0.29) is 6.10 Å². The summed E-state index contributed by atoms with van der Waals surface area (Å²) in [5.41, 5.74) is 0. The average Bonchev–Trinajstić information content (AvgIpc) is 2.81. The van der Waals surface area contributed by atoms with Gasteiger partial charge in [0.2, 0.25) is 0 Å². The van der Waals surface area contributed by atoms with Crippen LogP contribution < -0.4 is 0 Å². The highest BCUT2D eigenvalue weighted by Crippen LogP contribution is 2.22. The molecule has 2 nitrogen and oxygen atoms in total. The lowest BCUT2D eigenvalue weighted by molar-refractivity contribution is 0.200. The number of hydrogen-bond donors (Lipinski definition) is 1. The fourth-order valence-corrected chi connectivity index (χ4v) is 2.98. The van der Waals surface area contributed by atoms with E-state index in [4.69, 9.17) is 11.6 Å². The largest absolute Gasteiger partial charge is 0.392 e. The third kappa shape index (κ3) is 4.32. The second-order valence-electron chi connectivity index (χ2n) is 3.55. The molecule has 0 bridgehead atoms. The summed E-state index contributed by atoms with van der Waals surface area (Å²) in [6.07, 6.45) is 2.03. The van der Waals surface area contributed by atoms with Crippen molar-refractivity contribution in [3.8, 4) is 0 Å². The van der Waals surface area contributed by atoms with Crippen LogP contribution in [0, 0.1) is 0 Å². The summed E-state index contributed by atoms with van der Waals surface area (Å²) in [5, 5.41) is 13.5. The van der Waals surface area contributed by atoms with Gasteiger partial charge in [-0.2, -0.15) is 0 Å². The Morgan fingerprint density at radius 2 is 2.12 bits per heavy atom. The molecule has 1 aromatic carbocycles. The molecular weight excluding hydrogens is 274 g/mol. The average molecular weight is 286 g/mol. The van der Waals surface area contributed by atoms with Crippen molar-refractivity contribution in [3.05, 3.63) is 45.9 Å². The van der Waals surface area contributed by atoms with Gasteiger partial charge in [-0.25, -0.2) is 4.98 Å². The molecule has 17 heavy (non-hydrogen) atoms. The van der Waals surface area contributed by atoms with Gasteiger partial charge < -0.3 is 5.11 Å². The van der Waals surface area contributed by atoms with Gasteiger partial charge in [-0.1, -0.05) is 11.6 Å². The monoisotopic (exact) mass is 285 g/mol. The highest BCUT2D eigenvalue weighted by atomic mass is 35.5. The minimum absolute atomic E-state index is 0.359. The van der Waals surface area contributed by atoms with E-state index >= 15 is 0 Å². The number of aliphatic hydroxyl groups is 1. The lowest BCUT2D eigenvalue weighted by atomic mass is 10.3. The number of halogens is 1. The van der Waals surface area contributed by atoms with Gasteiger partial charge in [0, 0.05) is 33.7 Å². The van der Waals surface area contributed by atoms with Crippen molar-refractivity contribution in [1.82, 2.24) is 4.98 Å². The third-order valence-electron chi connectivity index (χ3n) is 2.15. The molecule has 1 heterocycles. The van der Waals surface area contributed by atoms with Crippen LogP contribution in [0.4, 0.5) is 0 Å². The normalized spacial score (nSPS) is 12.6. The maximum atomic E-state index is 9.86. The smallest absolute Gasteiger partial charge is 0.0950 e. The minimum atomic E-state index is -0.359. The van der Waals surface area contributed by atoms with E-state index in [9.17, 15) is 5.11 Å². The second-order valence-corrected chi connectivity index (χ2v) is 6.06. The van der Waals surface area contributed by atoms with Crippen LogP contribution in [0.2, 0.25) is 5.02 Å². The molecule has 0 fully saturated rings. The van der Waals surface area contributed by atoms with Crippen LogP contribution in [0.5, 0.6) is 0 Å². The molecule has 0 aliphatic rings. The van der Waals surface area contributed by atoms with E-state index in [2.05, 4.69) is 4.98 Å². The Balaban J connectivity index is 1.79. The first-order valence-electron chi connectivity index (χ1n) is 5.19. The third-order valence-corrected chi connectivity index (χ3v) is 4.36.